The number of aliphatic carboxylic acids is 1. The molecule has 0 aliphatic heterocycles. The molecule has 0 spiro atoms. The highest BCUT2D eigenvalue weighted by Gasteiger charge is 2.05. The second-order valence-corrected chi connectivity index (χ2v) is 4.21. The molecular weight excluding hydrogens is 256 g/mol. The lowest BCUT2D eigenvalue weighted by Crippen LogP contribution is -2.11. The van der Waals surface area contributed by atoms with Crippen LogP contribution >= 0.6 is 0 Å². The summed E-state index contributed by atoms with van der Waals surface area (Å²) in [6.45, 7) is 0. The smallest absolute Gasteiger partial charge is 0.327 e. The van der Waals surface area contributed by atoms with E-state index in [1.807, 2.05) is 24.3 Å². The van der Waals surface area contributed by atoms with Crippen molar-refractivity contribution in [3.8, 4) is 0 Å². The largest absolute Gasteiger partial charge is 0.478 e. The van der Waals surface area contributed by atoms with Crippen LogP contribution in [-0.4, -0.2) is 22.0 Å². The van der Waals surface area contributed by atoms with Crippen LogP contribution in [0, 0.1) is 0 Å². The average molecular weight is 270 g/mol. The summed E-state index contributed by atoms with van der Waals surface area (Å²) >= 11 is 0. The van der Waals surface area contributed by atoms with Crippen molar-refractivity contribution in [2.24, 2.45) is 0 Å². The molecule has 2 aromatic rings. The molecule has 1 aromatic heterocycles. The van der Waals surface area contributed by atoms with Gasteiger partial charge in [-0.2, -0.15) is 0 Å². The first-order valence-electron chi connectivity index (χ1n) is 6.20. The van der Waals surface area contributed by atoms with E-state index < -0.39 is 5.97 Å². The van der Waals surface area contributed by atoms with Crippen LogP contribution in [0.1, 0.15) is 12.8 Å². The molecule has 0 bridgehead atoms. The van der Waals surface area contributed by atoms with Gasteiger partial charge in [0.15, 0.2) is 0 Å². The Morgan fingerprint density at radius 2 is 2.05 bits per heavy atom. The first-order chi connectivity index (χ1) is 9.66. The molecule has 102 valence electrons. The number of hydrogen-bond donors (Lipinski definition) is 2. The lowest BCUT2D eigenvalue weighted by Gasteiger charge is -2.07. The third-order valence-electron chi connectivity index (χ3n) is 2.71. The SMILES string of the molecule is O=C(O)/C=C/CCC(=O)Nc1cccc2cccnc12. The number of pyridine rings is 1. The summed E-state index contributed by atoms with van der Waals surface area (Å²) in [4.78, 5) is 26.3. The Morgan fingerprint density at radius 1 is 1.25 bits per heavy atom. The number of para-hydroxylation sites is 1. The monoisotopic (exact) mass is 270 g/mol. The Bertz CT molecular complexity index is 660. The molecule has 0 fully saturated rings. The zero-order valence-electron chi connectivity index (χ0n) is 10.7. The number of nitrogens with one attached hydrogen (secondary N) is 1. The molecule has 1 aromatic carbocycles. The van der Waals surface area contributed by atoms with Gasteiger partial charge in [0, 0.05) is 24.1 Å². The summed E-state index contributed by atoms with van der Waals surface area (Å²) in [5.41, 5.74) is 1.40. The maximum Gasteiger partial charge on any atom is 0.327 e. The minimum atomic E-state index is -1.01. The maximum absolute atomic E-state index is 11.8. The number of nitrogens with zero attached hydrogens (tertiary/aromatic N) is 1. The number of rotatable bonds is 5. The number of carboxylic acids is 1. The molecule has 1 amide bonds. The van der Waals surface area contributed by atoms with Crippen LogP contribution in [0.25, 0.3) is 10.9 Å². The Labute approximate surface area is 115 Å². The van der Waals surface area contributed by atoms with E-state index in [4.69, 9.17) is 5.11 Å². The topological polar surface area (TPSA) is 79.3 Å². The molecule has 0 unspecified atom stereocenters. The zero-order chi connectivity index (χ0) is 14.4. The number of fused-ring (bicyclic) bond motifs is 1. The van der Waals surface area contributed by atoms with Gasteiger partial charge >= 0.3 is 5.97 Å². The van der Waals surface area contributed by atoms with E-state index in [-0.39, 0.29) is 12.3 Å². The third-order valence-corrected chi connectivity index (χ3v) is 2.71. The van der Waals surface area contributed by atoms with Crippen molar-refractivity contribution in [3.63, 3.8) is 0 Å². The molecule has 20 heavy (non-hydrogen) atoms. The first kappa shape index (κ1) is 13.7. The van der Waals surface area contributed by atoms with Gasteiger partial charge in [0.1, 0.15) is 0 Å². The van der Waals surface area contributed by atoms with Crippen molar-refractivity contribution in [2.75, 3.05) is 5.32 Å². The zero-order valence-corrected chi connectivity index (χ0v) is 10.7. The molecule has 0 saturated carbocycles. The summed E-state index contributed by atoms with van der Waals surface area (Å²) in [5, 5.41) is 12.2. The van der Waals surface area contributed by atoms with Crippen LogP contribution in [0.5, 0.6) is 0 Å². The van der Waals surface area contributed by atoms with E-state index in [9.17, 15) is 9.59 Å². The Kier molecular flexibility index (Phi) is 4.44. The molecular formula is C15H14N2O3. The number of carbonyl (C=O) groups excluding carboxylic acids is 1. The minimum absolute atomic E-state index is 0.168. The minimum Gasteiger partial charge on any atom is -0.478 e. The third kappa shape index (κ3) is 3.65. The van der Waals surface area contributed by atoms with Crippen molar-refractivity contribution < 1.29 is 14.7 Å². The van der Waals surface area contributed by atoms with Crippen molar-refractivity contribution in [3.05, 3.63) is 48.7 Å². The Morgan fingerprint density at radius 3 is 2.85 bits per heavy atom. The molecule has 2 rings (SSSR count). The number of carbonyl (C=O) groups is 2. The van der Waals surface area contributed by atoms with Crippen molar-refractivity contribution in [1.82, 2.24) is 4.98 Å². The Balaban J connectivity index is 2.01. The van der Waals surface area contributed by atoms with Crippen LogP contribution in [-0.2, 0) is 9.59 Å². The van der Waals surface area contributed by atoms with Gasteiger partial charge < -0.3 is 10.4 Å². The predicted octanol–water partition coefficient (Wildman–Crippen LogP) is 2.59. The van der Waals surface area contributed by atoms with E-state index in [0.717, 1.165) is 17.0 Å². The normalized spacial score (nSPS) is 10.8. The Hall–Kier alpha value is -2.69. The van der Waals surface area contributed by atoms with E-state index in [0.29, 0.717) is 12.1 Å². The number of allylic oxidation sites excluding steroid dienone is 1. The van der Waals surface area contributed by atoms with Crippen molar-refractivity contribution in [1.29, 1.82) is 0 Å². The fraction of sp³-hybridized carbons (Fsp3) is 0.133. The van der Waals surface area contributed by atoms with Gasteiger partial charge in [0.05, 0.1) is 11.2 Å². The predicted molar refractivity (Wildman–Crippen MR) is 76.4 cm³/mol. The molecule has 1 heterocycles. The van der Waals surface area contributed by atoms with E-state index in [1.165, 1.54) is 6.08 Å². The molecule has 0 aliphatic carbocycles. The van der Waals surface area contributed by atoms with E-state index >= 15 is 0 Å². The number of anilines is 1. The van der Waals surface area contributed by atoms with E-state index in [1.54, 1.807) is 12.3 Å². The summed E-state index contributed by atoms with van der Waals surface area (Å²) in [6, 6.07) is 9.33. The lowest BCUT2D eigenvalue weighted by atomic mass is 10.2. The van der Waals surface area contributed by atoms with Gasteiger partial charge in [-0.1, -0.05) is 24.3 Å². The molecule has 0 saturated heterocycles. The van der Waals surface area contributed by atoms with Crippen LogP contribution in [0.4, 0.5) is 5.69 Å². The highest BCUT2D eigenvalue weighted by atomic mass is 16.4. The molecule has 0 radical (unpaired) electrons. The average Bonchev–Trinajstić information content (AvgIpc) is 2.44. The summed E-state index contributed by atoms with van der Waals surface area (Å²) in [5.74, 6) is -1.18. The summed E-state index contributed by atoms with van der Waals surface area (Å²) in [6.07, 6.45) is 4.78. The van der Waals surface area contributed by atoms with Crippen LogP contribution in [0.3, 0.4) is 0 Å². The number of aromatic nitrogens is 1. The van der Waals surface area contributed by atoms with Gasteiger partial charge in [0.25, 0.3) is 0 Å². The summed E-state index contributed by atoms with van der Waals surface area (Å²) < 4.78 is 0. The van der Waals surface area contributed by atoms with Crippen LogP contribution < -0.4 is 5.32 Å². The van der Waals surface area contributed by atoms with Gasteiger partial charge in [-0.15, -0.1) is 0 Å². The molecule has 0 atom stereocenters. The lowest BCUT2D eigenvalue weighted by molar-refractivity contribution is -0.131. The summed E-state index contributed by atoms with van der Waals surface area (Å²) in [7, 11) is 0. The number of amides is 1. The number of benzene rings is 1. The van der Waals surface area contributed by atoms with Gasteiger partial charge in [-0.05, 0) is 18.6 Å². The van der Waals surface area contributed by atoms with Crippen LogP contribution in [0.2, 0.25) is 0 Å². The maximum atomic E-state index is 11.8. The van der Waals surface area contributed by atoms with Gasteiger partial charge in [0.2, 0.25) is 5.91 Å². The second-order valence-electron chi connectivity index (χ2n) is 4.21. The quantitative estimate of drug-likeness (QED) is 0.818. The van der Waals surface area contributed by atoms with Gasteiger partial charge in [-0.25, -0.2) is 4.79 Å². The molecule has 0 aliphatic rings. The number of carboxylic acid groups (broad SMARTS) is 1. The van der Waals surface area contributed by atoms with Crippen molar-refractivity contribution >= 4 is 28.5 Å². The second kappa shape index (κ2) is 6.47. The fourth-order valence-electron chi connectivity index (χ4n) is 1.82. The standard InChI is InChI=1S/C15H14N2O3/c18-13(8-1-2-9-14(19)20)17-12-7-3-5-11-6-4-10-16-15(11)12/h2-7,9-10H,1,8H2,(H,17,18)(H,19,20)/b9-2+. The van der Waals surface area contributed by atoms with Crippen LogP contribution in [0.15, 0.2) is 48.7 Å². The molecule has 2 N–H and O–H groups in total. The first-order valence-corrected chi connectivity index (χ1v) is 6.20. The molecule has 5 heteroatoms. The highest BCUT2D eigenvalue weighted by molar-refractivity contribution is 6.00. The number of hydrogen-bond acceptors (Lipinski definition) is 3. The van der Waals surface area contributed by atoms with Crippen molar-refractivity contribution in [2.45, 2.75) is 12.8 Å². The van der Waals surface area contributed by atoms with E-state index in [2.05, 4.69) is 10.3 Å². The highest BCUT2D eigenvalue weighted by Crippen LogP contribution is 2.20. The molecule has 5 nitrogen and oxygen atoms in total. The van der Waals surface area contributed by atoms with Gasteiger partial charge in [-0.3, -0.25) is 9.78 Å². The fourth-order valence-corrected chi connectivity index (χ4v) is 1.82.